The van der Waals surface area contributed by atoms with Gasteiger partial charge in [-0.3, -0.25) is 9.80 Å². The highest BCUT2D eigenvalue weighted by Crippen LogP contribution is 2.53. The number of nitrogens with zero attached hydrogens (tertiary/aromatic N) is 3. The maximum Gasteiger partial charge on any atom is 0.168 e. The topological polar surface area (TPSA) is 63.5 Å². The number of ether oxygens (including phenoxy) is 1. The van der Waals surface area contributed by atoms with Gasteiger partial charge in [-0.05, 0) is 72.1 Å². The van der Waals surface area contributed by atoms with Crippen LogP contribution in [0.4, 0.5) is 5.69 Å². The fraction of sp³-hybridized carbons (Fsp3) is 0.154. The molecule has 2 aliphatic heterocycles. The third-order valence-electron chi connectivity index (χ3n) is 8.91. The number of hydrogen-bond acceptors (Lipinski definition) is 6. The van der Waals surface area contributed by atoms with E-state index in [9.17, 15) is 0 Å². The van der Waals surface area contributed by atoms with Crippen molar-refractivity contribution in [2.24, 2.45) is 21.6 Å². The molecule has 0 saturated carbocycles. The number of Topliss-reactive ketones (excluding diaryl/α,β-unsaturated/α-hetero) is 1. The van der Waals surface area contributed by atoms with E-state index < -0.39 is 23.5 Å². The van der Waals surface area contributed by atoms with Crippen molar-refractivity contribution >= 4 is 34.5 Å². The van der Waals surface area contributed by atoms with Gasteiger partial charge in [-0.15, -0.1) is 0 Å². The van der Waals surface area contributed by atoms with E-state index in [1.54, 1.807) is 7.11 Å². The number of carbonyl (C=O) groups excluding carboxylic acids is 1. The minimum atomic E-state index is -1.15. The fourth-order valence-corrected chi connectivity index (χ4v) is 6.73. The number of anilines is 1. The van der Waals surface area contributed by atoms with E-state index in [1.165, 1.54) is 0 Å². The average molecular weight is 626 g/mol. The van der Waals surface area contributed by atoms with Crippen LogP contribution in [0.5, 0.6) is 5.75 Å². The molecule has 0 amide bonds. The first-order valence-electron chi connectivity index (χ1n) is 15.2. The Kier molecular flexibility index (Phi) is 7.89. The molecule has 0 aliphatic carbocycles. The van der Waals surface area contributed by atoms with Gasteiger partial charge in [0.2, 0.25) is 0 Å². The Balaban J connectivity index is 1.44. The summed E-state index contributed by atoms with van der Waals surface area (Å²) in [6, 6.07) is 44.5. The van der Waals surface area contributed by atoms with Crippen molar-refractivity contribution in [1.82, 2.24) is 0 Å². The van der Waals surface area contributed by atoms with Gasteiger partial charge < -0.3 is 9.57 Å². The van der Waals surface area contributed by atoms with Crippen molar-refractivity contribution < 1.29 is 14.4 Å². The van der Waals surface area contributed by atoms with Gasteiger partial charge in [0, 0.05) is 10.6 Å². The molecule has 7 heteroatoms. The van der Waals surface area contributed by atoms with E-state index in [-0.39, 0.29) is 5.78 Å². The third-order valence-corrected chi connectivity index (χ3v) is 9.17. The second kappa shape index (κ2) is 12.3. The molecule has 0 spiro atoms. The molecule has 6 nitrogen and oxygen atoms in total. The number of para-hydroxylation sites is 1. The third kappa shape index (κ3) is 5.15. The Morgan fingerprint density at radius 2 is 1.33 bits per heavy atom. The fourth-order valence-electron chi connectivity index (χ4n) is 6.61. The van der Waals surface area contributed by atoms with Gasteiger partial charge >= 0.3 is 0 Å². The largest absolute Gasteiger partial charge is 0.497 e. The first kappa shape index (κ1) is 29.5. The molecule has 0 aromatic heterocycles. The molecule has 2 heterocycles. The lowest BCUT2D eigenvalue weighted by Crippen LogP contribution is -2.47. The maximum atomic E-state index is 15.8. The molecule has 0 saturated heterocycles. The van der Waals surface area contributed by atoms with Gasteiger partial charge in [0.05, 0.1) is 30.0 Å². The average Bonchev–Trinajstić information content (AvgIpc) is 3.70. The standard InChI is InChI=1S/C39H32ClN3O3/c1-39(38(44)33-34(26-20-24-32(45-2)25-21-26)42-46-35(33)27-12-6-3-7-13-27)36(28-18-22-30(40)23-19-28)41-43(31-16-10-5-11-17-31)37(39)29-14-8-4-9-15-29/h3-25,33,35,37H,1-2H3. The molecule has 0 bridgehead atoms. The number of oxime groups is 1. The minimum Gasteiger partial charge on any atom is -0.497 e. The van der Waals surface area contributed by atoms with Crippen LogP contribution in [0.15, 0.2) is 150 Å². The van der Waals surface area contributed by atoms with Crippen molar-refractivity contribution in [2.45, 2.75) is 19.1 Å². The molecule has 4 unspecified atom stereocenters. The number of ketones is 1. The Hall–Kier alpha value is -5.20. The first-order valence-corrected chi connectivity index (χ1v) is 15.6. The van der Waals surface area contributed by atoms with Crippen molar-refractivity contribution in [1.29, 1.82) is 0 Å². The number of benzene rings is 5. The molecule has 2 aliphatic rings. The molecule has 0 fully saturated rings. The maximum absolute atomic E-state index is 15.8. The molecule has 46 heavy (non-hydrogen) atoms. The Morgan fingerprint density at radius 3 is 1.93 bits per heavy atom. The van der Waals surface area contributed by atoms with E-state index in [2.05, 4.69) is 17.3 Å². The van der Waals surface area contributed by atoms with E-state index in [0.29, 0.717) is 22.2 Å². The van der Waals surface area contributed by atoms with Crippen LogP contribution in [0.3, 0.4) is 0 Å². The van der Waals surface area contributed by atoms with Crippen molar-refractivity contribution in [3.63, 3.8) is 0 Å². The SMILES string of the molecule is COc1ccc(C2=NOC(c3ccccc3)C2C(=O)C2(C)C(c3ccc(Cl)cc3)=NN(c3ccccc3)C2c2ccccc2)cc1. The molecule has 7 rings (SSSR count). The number of halogens is 1. The molecular formula is C39H32ClN3O3. The normalized spacial score (nSPS) is 22.2. The zero-order valence-electron chi connectivity index (χ0n) is 25.5. The zero-order chi connectivity index (χ0) is 31.7. The Bertz CT molecular complexity index is 1900. The summed E-state index contributed by atoms with van der Waals surface area (Å²) in [5.74, 6) is -0.0667. The predicted octanol–water partition coefficient (Wildman–Crippen LogP) is 8.68. The summed E-state index contributed by atoms with van der Waals surface area (Å²) in [5.41, 5.74) is 4.40. The van der Waals surface area contributed by atoms with Crippen LogP contribution in [0.2, 0.25) is 5.02 Å². The van der Waals surface area contributed by atoms with Crippen molar-refractivity contribution in [3.05, 3.63) is 167 Å². The van der Waals surface area contributed by atoms with Crippen LogP contribution in [0, 0.1) is 11.3 Å². The van der Waals surface area contributed by atoms with Crippen molar-refractivity contribution in [3.8, 4) is 5.75 Å². The second-order valence-corrected chi connectivity index (χ2v) is 12.1. The first-order chi connectivity index (χ1) is 22.5. The minimum absolute atomic E-state index is 0.0468. The number of hydrogen-bond donors (Lipinski definition) is 0. The molecule has 5 aromatic rings. The molecular weight excluding hydrogens is 594 g/mol. The lowest BCUT2D eigenvalue weighted by atomic mass is 9.65. The summed E-state index contributed by atoms with van der Waals surface area (Å²) in [6.07, 6.45) is -0.628. The molecule has 228 valence electrons. The number of rotatable bonds is 8. The summed E-state index contributed by atoms with van der Waals surface area (Å²) >= 11 is 6.34. The number of hydrazone groups is 1. The summed E-state index contributed by atoms with van der Waals surface area (Å²) in [7, 11) is 1.63. The van der Waals surface area contributed by atoms with Gasteiger partial charge in [0.15, 0.2) is 11.9 Å². The summed E-state index contributed by atoms with van der Waals surface area (Å²) in [4.78, 5) is 21.9. The van der Waals surface area contributed by atoms with Crippen LogP contribution < -0.4 is 9.75 Å². The second-order valence-electron chi connectivity index (χ2n) is 11.6. The van der Waals surface area contributed by atoms with Gasteiger partial charge in [0.1, 0.15) is 17.4 Å². The Morgan fingerprint density at radius 1 is 0.761 bits per heavy atom. The summed E-state index contributed by atoms with van der Waals surface area (Å²) in [5, 5.41) is 12.5. The molecule has 0 radical (unpaired) electrons. The highest BCUT2D eigenvalue weighted by atomic mass is 35.5. The highest BCUT2D eigenvalue weighted by Gasteiger charge is 2.59. The number of carbonyl (C=O) groups is 1. The van der Waals surface area contributed by atoms with Gasteiger partial charge in [-0.25, -0.2) is 0 Å². The summed E-state index contributed by atoms with van der Waals surface area (Å²) in [6.45, 7) is 2.01. The van der Waals surface area contributed by atoms with E-state index in [1.807, 2.05) is 139 Å². The van der Waals surface area contributed by atoms with Crippen LogP contribution in [0.1, 0.15) is 41.3 Å². The highest BCUT2D eigenvalue weighted by molar-refractivity contribution is 6.31. The van der Waals surface area contributed by atoms with Crippen LogP contribution >= 0.6 is 11.6 Å². The van der Waals surface area contributed by atoms with E-state index in [4.69, 9.17) is 26.3 Å². The van der Waals surface area contributed by atoms with Gasteiger partial charge in [-0.2, -0.15) is 5.10 Å². The van der Waals surface area contributed by atoms with Crippen LogP contribution in [-0.2, 0) is 9.63 Å². The zero-order valence-corrected chi connectivity index (χ0v) is 26.2. The van der Waals surface area contributed by atoms with E-state index >= 15 is 4.79 Å². The molecule has 0 N–H and O–H groups in total. The monoisotopic (exact) mass is 625 g/mol. The van der Waals surface area contributed by atoms with E-state index in [0.717, 1.165) is 27.9 Å². The Labute approximate surface area is 273 Å². The molecule has 4 atom stereocenters. The predicted molar refractivity (Wildman–Crippen MR) is 182 cm³/mol. The summed E-state index contributed by atoms with van der Waals surface area (Å²) < 4.78 is 5.41. The lowest BCUT2D eigenvalue weighted by Gasteiger charge is -2.37. The van der Waals surface area contributed by atoms with Crippen LogP contribution in [0.25, 0.3) is 0 Å². The smallest absolute Gasteiger partial charge is 0.168 e. The lowest BCUT2D eigenvalue weighted by molar-refractivity contribution is -0.130. The number of methoxy groups -OCH3 is 1. The van der Waals surface area contributed by atoms with Crippen molar-refractivity contribution in [2.75, 3.05) is 12.1 Å². The molecule has 5 aromatic carbocycles. The quantitative estimate of drug-likeness (QED) is 0.173. The van der Waals surface area contributed by atoms with Gasteiger partial charge in [-0.1, -0.05) is 108 Å². The van der Waals surface area contributed by atoms with Crippen LogP contribution in [-0.4, -0.2) is 24.3 Å². The van der Waals surface area contributed by atoms with Gasteiger partial charge in [0.25, 0.3) is 0 Å².